The van der Waals surface area contributed by atoms with Crippen LogP contribution in [0.2, 0.25) is 0 Å². The highest BCUT2D eigenvalue weighted by atomic mass is 16.5. The predicted molar refractivity (Wildman–Crippen MR) is 66.4 cm³/mol. The van der Waals surface area contributed by atoms with Crippen LogP contribution in [0.3, 0.4) is 0 Å². The number of fused-ring (bicyclic) bond motifs is 2. The summed E-state index contributed by atoms with van der Waals surface area (Å²) in [5.74, 6) is 2.67. The third-order valence-electron chi connectivity index (χ3n) is 4.38. The van der Waals surface area contributed by atoms with E-state index in [0.29, 0.717) is 6.61 Å². The van der Waals surface area contributed by atoms with Gasteiger partial charge in [-0.2, -0.15) is 0 Å². The Hall–Kier alpha value is -0.610. The summed E-state index contributed by atoms with van der Waals surface area (Å²) in [4.78, 5) is 11.6. The summed E-state index contributed by atoms with van der Waals surface area (Å²) < 4.78 is 4.86. The van der Waals surface area contributed by atoms with Gasteiger partial charge in [0, 0.05) is 13.7 Å². The lowest BCUT2D eigenvalue weighted by molar-refractivity contribution is -0.123. The largest absolute Gasteiger partial charge is 0.383 e. The van der Waals surface area contributed by atoms with Crippen LogP contribution in [0.5, 0.6) is 0 Å². The molecule has 3 N–H and O–H groups in total. The van der Waals surface area contributed by atoms with E-state index < -0.39 is 6.04 Å². The fourth-order valence-electron chi connectivity index (χ4n) is 3.50. The molecule has 0 heterocycles. The van der Waals surface area contributed by atoms with E-state index in [0.717, 1.165) is 30.7 Å². The van der Waals surface area contributed by atoms with Crippen LogP contribution in [0.1, 0.15) is 32.1 Å². The summed E-state index contributed by atoms with van der Waals surface area (Å²) >= 11 is 0. The number of carbonyl (C=O) groups excluding carboxylic acids is 1. The van der Waals surface area contributed by atoms with E-state index in [1.165, 1.54) is 25.7 Å². The molecule has 2 aliphatic rings. The van der Waals surface area contributed by atoms with Crippen molar-refractivity contribution in [1.82, 2.24) is 5.32 Å². The minimum Gasteiger partial charge on any atom is -0.383 e. The van der Waals surface area contributed by atoms with Crippen molar-refractivity contribution >= 4 is 5.91 Å². The van der Waals surface area contributed by atoms with Crippen LogP contribution in [-0.2, 0) is 9.53 Å². The van der Waals surface area contributed by atoms with Gasteiger partial charge in [-0.05, 0) is 43.4 Å². The predicted octanol–water partition coefficient (Wildman–Crippen LogP) is 0.903. The van der Waals surface area contributed by atoms with Crippen molar-refractivity contribution in [3.63, 3.8) is 0 Å². The highest BCUT2D eigenvalue weighted by molar-refractivity contribution is 5.81. The van der Waals surface area contributed by atoms with Gasteiger partial charge < -0.3 is 15.8 Å². The average molecular weight is 240 g/mol. The molecule has 2 bridgehead atoms. The van der Waals surface area contributed by atoms with E-state index in [2.05, 4.69) is 5.32 Å². The zero-order chi connectivity index (χ0) is 12.3. The Morgan fingerprint density at radius 2 is 2.29 bits per heavy atom. The van der Waals surface area contributed by atoms with Crippen molar-refractivity contribution in [3.8, 4) is 0 Å². The van der Waals surface area contributed by atoms with E-state index in [1.807, 2.05) is 0 Å². The molecule has 2 saturated carbocycles. The van der Waals surface area contributed by atoms with Crippen LogP contribution in [0.25, 0.3) is 0 Å². The number of amides is 1. The molecule has 2 aliphatic carbocycles. The van der Waals surface area contributed by atoms with Crippen LogP contribution in [0.15, 0.2) is 0 Å². The lowest BCUT2D eigenvalue weighted by atomic mass is 9.86. The van der Waals surface area contributed by atoms with Crippen molar-refractivity contribution in [2.24, 2.45) is 23.5 Å². The Morgan fingerprint density at radius 1 is 1.47 bits per heavy atom. The third kappa shape index (κ3) is 3.19. The summed E-state index contributed by atoms with van der Waals surface area (Å²) in [5, 5.41) is 2.91. The summed E-state index contributed by atoms with van der Waals surface area (Å²) in [5.41, 5.74) is 5.65. The van der Waals surface area contributed by atoms with Gasteiger partial charge in [-0.25, -0.2) is 0 Å². The first-order valence-electron chi connectivity index (χ1n) is 6.73. The molecule has 0 aromatic rings. The van der Waals surface area contributed by atoms with E-state index in [9.17, 15) is 4.79 Å². The molecule has 98 valence electrons. The fourth-order valence-corrected chi connectivity index (χ4v) is 3.50. The second-order valence-electron chi connectivity index (χ2n) is 5.58. The molecular formula is C13H24N2O2. The van der Waals surface area contributed by atoms with Gasteiger partial charge in [-0.3, -0.25) is 4.79 Å². The molecule has 2 rings (SSSR count). The number of nitrogens with two attached hydrogens (primary N) is 1. The van der Waals surface area contributed by atoms with Crippen LogP contribution >= 0.6 is 0 Å². The first-order valence-corrected chi connectivity index (χ1v) is 6.73. The minimum atomic E-state index is -0.528. The highest BCUT2D eigenvalue weighted by Crippen LogP contribution is 2.49. The fraction of sp³-hybridized carbons (Fsp3) is 0.923. The quantitative estimate of drug-likeness (QED) is 0.725. The van der Waals surface area contributed by atoms with Crippen LogP contribution < -0.4 is 11.1 Å². The maximum Gasteiger partial charge on any atom is 0.239 e. The smallest absolute Gasteiger partial charge is 0.239 e. The summed E-state index contributed by atoms with van der Waals surface area (Å²) in [6, 6.07) is -0.528. The zero-order valence-electron chi connectivity index (χ0n) is 10.7. The number of nitrogens with one attached hydrogen (secondary N) is 1. The molecular weight excluding hydrogens is 216 g/mol. The Bertz CT molecular complexity index is 270. The zero-order valence-corrected chi connectivity index (χ0v) is 10.7. The van der Waals surface area contributed by atoms with Crippen molar-refractivity contribution in [1.29, 1.82) is 0 Å². The monoisotopic (exact) mass is 240 g/mol. The lowest BCUT2D eigenvalue weighted by Gasteiger charge is -2.21. The molecule has 0 spiro atoms. The average Bonchev–Trinajstić information content (AvgIpc) is 2.91. The Morgan fingerprint density at radius 3 is 2.88 bits per heavy atom. The molecule has 0 radical (unpaired) electrons. The number of hydrogen-bond donors (Lipinski definition) is 2. The second kappa shape index (κ2) is 5.83. The van der Waals surface area contributed by atoms with Gasteiger partial charge in [-0.1, -0.05) is 6.42 Å². The van der Waals surface area contributed by atoms with Crippen molar-refractivity contribution < 1.29 is 9.53 Å². The molecule has 0 aliphatic heterocycles. The number of ether oxygens (including phenoxy) is 1. The molecule has 4 atom stereocenters. The molecule has 0 aromatic carbocycles. The van der Waals surface area contributed by atoms with Gasteiger partial charge in [0.1, 0.15) is 6.04 Å². The first kappa shape index (κ1) is 12.8. The van der Waals surface area contributed by atoms with E-state index >= 15 is 0 Å². The lowest BCUT2D eigenvalue weighted by Crippen LogP contribution is -2.44. The van der Waals surface area contributed by atoms with E-state index in [-0.39, 0.29) is 5.91 Å². The summed E-state index contributed by atoms with van der Waals surface area (Å²) in [6.45, 7) is 1.06. The molecule has 4 unspecified atom stereocenters. The number of carbonyl (C=O) groups is 1. The minimum absolute atomic E-state index is 0.0880. The molecule has 1 amide bonds. The molecule has 2 fully saturated rings. The molecule has 4 nitrogen and oxygen atoms in total. The normalized spacial score (nSPS) is 32.7. The SMILES string of the molecule is COCC(N)C(=O)NCCC1CC2CCC1C2. The molecule has 4 heteroatoms. The standard InChI is InChI=1S/C13H24N2O2/c1-17-8-12(14)13(16)15-5-4-11-7-9-2-3-10(11)6-9/h9-12H,2-8,14H2,1H3,(H,15,16). The van der Waals surface area contributed by atoms with Gasteiger partial charge in [0.2, 0.25) is 5.91 Å². The number of methoxy groups -OCH3 is 1. The van der Waals surface area contributed by atoms with Gasteiger partial charge in [-0.15, -0.1) is 0 Å². The Labute approximate surface area is 103 Å². The molecule has 17 heavy (non-hydrogen) atoms. The number of hydrogen-bond acceptors (Lipinski definition) is 3. The maximum absolute atomic E-state index is 11.6. The molecule has 0 saturated heterocycles. The van der Waals surface area contributed by atoms with E-state index in [1.54, 1.807) is 7.11 Å². The molecule has 0 aromatic heterocycles. The van der Waals surface area contributed by atoms with Crippen molar-refractivity contribution in [2.75, 3.05) is 20.3 Å². The van der Waals surface area contributed by atoms with E-state index in [4.69, 9.17) is 10.5 Å². The summed E-state index contributed by atoms with van der Waals surface area (Å²) in [6.07, 6.45) is 6.78. The van der Waals surface area contributed by atoms with Gasteiger partial charge in [0.05, 0.1) is 6.61 Å². The van der Waals surface area contributed by atoms with Crippen molar-refractivity contribution in [2.45, 2.75) is 38.1 Å². The Kier molecular flexibility index (Phi) is 4.40. The van der Waals surface area contributed by atoms with Crippen LogP contribution in [0.4, 0.5) is 0 Å². The maximum atomic E-state index is 11.6. The topological polar surface area (TPSA) is 64.3 Å². The third-order valence-corrected chi connectivity index (χ3v) is 4.38. The highest BCUT2D eigenvalue weighted by Gasteiger charge is 2.38. The first-order chi connectivity index (χ1) is 8.20. The van der Waals surface area contributed by atoms with Gasteiger partial charge >= 0.3 is 0 Å². The Balaban J connectivity index is 1.61. The van der Waals surface area contributed by atoms with Gasteiger partial charge in [0.15, 0.2) is 0 Å². The second-order valence-corrected chi connectivity index (χ2v) is 5.58. The van der Waals surface area contributed by atoms with Crippen molar-refractivity contribution in [3.05, 3.63) is 0 Å². The van der Waals surface area contributed by atoms with Gasteiger partial charge in [0.25, 0.3) is 0 Å². The van der Waals surface area contributed by atoms with Crippen LogP contribution in [-0.4, -0.2) is 32.2 Å². The summed E-state index contributed by atoms with van der Waals surface area (Å²) in [7, 11) is 1.56. The number of rotatable bonds is 6. The van der Waals surface area contributed by atoms with Crippen LogP contribution in [0, 0.1) is 17.8 Å².